The van der Waals surface area contributed by atoms with Crippen LogP contribution in [0.2, 0.25) is 0 Å². The van der Waals surface area contributed by atoms with Crippen LogP contribution >= 0.6 is 0 Å². The Hall–Kier alpha value is -1.02. The van der Waals surface area contributed by atoms with Crippen LogP contribution in [0.25, 0.3) is 0 Å². The summed E-state index contributed by atoms with van der Waals surface area (Å²) in [6.45, 7) is 0.870. The SMILES string of the molecule is NC1CC1c1ccc2c(c1)CCCO2. The fourth-order valence-corrected chi connectivity index (χ4v) is 2.21. The van der Waals surface area contributed by atoms with E-state index in [0.717, 1.165) is 31.6 Å². The standard InChI is InChI=1S/C12H15NO/c13-11-7-10(11)8-3-4-12-9(6-8)2-1-5-14-12/h3-4,6,10-11H,1-2,5,7,13H2. The molecule has 2 aliphatic rings. The molecule has 0 saturated heterocycles. The smallest absolute Gasteiger partial charge is 0.122 e. The van der Waals surface area contributed by atoms with Crippen molar-refractivity contribution >= 4 is 0 Å². The van der Waals surface area contributed by atoms with Crippen molar-refractivity contribution in [3.05, 3.63) is 29.3 Å². The van der Waals surface area contributed by atoms with Gasteiger partial charge in [-0.3, -0.25) is 0 Å². The minimum atomic E-state index is 0.401. The molecule has 1 aromatic carbocycles. The molecule has 0 radical (unpaired) electrons. The molecule has 2 nitrogen and oxygen atoms in total. The van der Waals surface area contributed by atoms with E-state index < -0.39 is 0 Å². The molecule has 14 heavy (non-hydrogen) atoms. The lowest BCUT2D eigenvalue weighted by molar-refractivity contribution is 0.288. The highest BCUT2D eigenvalue weighted by Gasteiger charge is 2.35. The molecule has 2 atom stereocenters. The molecule has 1 saturated carbocycles. The van der Waals surface area contributed by atoms with Gasteiger partial charge in [-0.2, -0.15) is 0 Å². The van der Waals surface area contributed by atoms with Gasteiger partial charge in [0.25, 0.3) is 0 Å². The van der Waals surface area contributed by atoms with Gasteiger partial charge in [-0.05, 0) is 36.5 Å². The Morgan fingerprint density at radius 1 is 1.36 bits per heavy atom. The number of fused-ring (bicyclic) bond motifs is 1. The van der Waals surface area contributed by atoms with Crippen LogP contribution in [0.1, 0.15) is 29.9 Å². The summed E-state index contributed by atoms with van der Waals surface area (Å²) in [4.78, 5) is 0. The van der Waals surface area contributed by atoms with Crippen LogP contribution in [0.4, 0.5) is 0 Å². The van der Waals surface area contributed by atoms with Crippen molar-refractivity contribution in [2.45, 2.75) is 31.2 Å². The Labute approximate surface area is 84.1 Å². The van der Waals surface area contributed by atoms with Gasteiger partial charge in [0.15, 0.2) is 0 Å². The van der Waals surface area contributed by atoms with Crippen LogP contribution in [0, 0.1) is 0 Å². The lowest BCUT2D eigenvalue weighted by Crippen LogP contribution is -2.09. The summed E-state index contributed by atoms with van der Waals surface area (Å²) in [6.07, 6.45) is 3.46. The predicted molar refractivity (Wildman–Crippen MR) is 55.6 cm³/mol. The first-order valence-electron chi connectivity index (χ1n) is 5.36. The highest BCUT2D eigenvalue weighted by atomic mass is 16.5. The lowest BCUT2D eigenvalue weighted by atomic mass is 10.0. The van der Waals surface area contributed by atoms with E-state index in [0.29, 0.717) is 12.0 Å². The molecule has 2 heteroatoms. The van der Waals surface area contributed by atoms with E-state index in [-0.39, 0.29) is 0 Å². The van der Waals surface area contributed by atoms with Crippen LogP contribution in [0.15, 0.2) is 18.2 Å². The largest absolute Gasteiger partial charge is 0.493 e. The normalized spacial score (nSPS) is 29.2. The van der Waals surface area contributed by atoms with Crippen molar-refractivity contribution in [3.63, 3.8) is 0 Å². The van der Waals surface area contributed by atoms with Crippen molar-refractivity contribution in [1.82, 2.24) is 0 Å². The van der Waals surface area contributed by atoms with Crippen molar-refractivity contribution < 1.29 is 4.74 Å². The van der Waals surface area contributed by atoms with Gasteiger partial charge in [0.05, 0.1) is 6.61 Å². The lowest BCUT2D eigenvalue weighted by Gasteiger charge is -2.17. The van der Waals surface area contributed by atoms with Gasteiger partial charge in [-0.1, -0.05) is 12.1 Å². The Balaban J connectivity index is 1.93. The van der Waals surface area contributed by atoms with E-state index >= 15 is 0 Å². The molecular weight excluding hydrogens is 174 g/mol. The number of rotatable bonds is 1. The summed E-state index contributed by atoms with van der Waals surface area (Å²) < 4.78 is 5.57. The number of ether oxygens (including phenoxy) is 1. The summed E-state index contributed by atoms with van der Waals surface area (Å²) in [5.74, 6) is 1.69. The highest BCUT2D eigenvalue weighted by Crippen LogP contribution is 2.40. The maximum Gasteiger partial charge on any atom is 0.122 e. The van der Waals surface area contributed by atoms with Gasteiger partial charge in [-0.15, -0.1) is 0 Å². The quantitative estimate of drug-likeness (QED) is 0.731. The molecule has 1 aromatic rings. The maximum atomic E-state index is 5.84. The Kier molecular flexibility index (Phi) is 1.77. The predicted octanol–water partition coefficient (Wildman–Crippen LogP) is 1.83. The third-order valence-electron chi connectivity index (χ3n) is 3.20. The minimum Gasteiger partial charge on any atom is -0.493 e. The van der Waals surface area contributed by atoms with Crippen molar-refractivity contribution in [3.8, 4) is 5.75 Å². The number of benzene rings is 1. The van der Waals surface area contributed by atoms with Gasteiger partial charge in [0.1, 0.15) is 5.75 Å². The number of hydrogen-bond donors (Lipinski definition) is 1. The Morgan fingerprint density at radius 2 is 2.21 bits per heavy atom. The van der Waals surface area contributed by atoms with Crippen molar-refractivity contribution in [2.75, 3.05) is 6.61 Å². The molecule has 0 aromatic heterocycles. The number of nitrogens with two attached hydrogens (primary N) is 1. The molecular formula is C12H15NO. The van der Waals surface area contributed by atoms with Crippen LogP contribution in [0.5, 0.6) is 5.75 Å². The Bertz CT molecular complexity index is 361. The average Bonchev–Trinajstić information content (AvgIpc) is 2.95. The van der Waals surface area contributed by atoms with E-state index in [1.807, 2.05) is 0 Å². The molecule has 1 fully saturated rings. The second kappa shape index (κ2) is 2.99. The number of hydrogen-bond acceptors (Lipinski definition) is 2. The van der Waals surface area contributed by atoms with E-state index in [1.54, 1.807) is 0 Å². The molecule has 74 valence electrons. The fraction of sp³-hybridized carbons (Fsp3) is 0.500. The van der Waals surface area contributed by atoms with Crippen LogP contribution in [-0.2, 0) is 6.42 Å². The molecule has 1 aliphatic heterocycles. The van der Waals surface area contributed by atoms with E-state index in [1.165, 1.54) is 11.1 Å². The molecule has 2 N–H and O–H groups in total. The summed E-state index contributed by atoms with van der Waals surface area (Å²) >= 11 is 0. The number of aryl methyl sites for hydroxylation is 1. The molecule has 2 unspecified atom stereocenters. The van der Waals surface area contributed by atoms with Gasteiger partial charge < -0.3 is 10.5 Å². The van der Waals surface area contributed by atoms with Gasteiger partial charge in [0.2, 0.25) is 0 Å². The minimum absolute atomic E-state index is 0.401. The molecule has 0 amide bonds. The second-order valence-corrected chi connectivity index (χ2v) is 4.33. The van der Waals surface area contributed by atoms with Gasteiger partial charge in [-0.25, -0.2) is 0 Å². The zero-order valence-electron chi connectivity index (χ0n) is 8.20. The zero-order valence-corrected chi connectivity index (χ0v) is 8.20. The highest BCUT2D eigenvalue weighted by molar-refractivity contribution is 5.41. The second-order valence-electron chi connectivity index (χ2n) is 4.33. The van der Waals surface area contributed by atoms with Crippen LogP contribution < -0.4 is 10.5 Å². The summed E-state index contributed by atoms with van der Waals surface area (Å²) in [5.41, 5.74) is 8.62. The topological polar surface area (TPSA) is 35.2 Å². The third kappa shape index (κ3) is 1.30. The van der Waals surface area contributed by atoms with E-state index in [2.05, 4.69) is 18.2 Å². The zero-order chi connectivity index (χ0) is 9.54. The first-order valence-corrected chi connectivity index (χ1v) is 5.36. The van der Waals surface area contributed by atoms with Gasteiger partial charge >= 0.3 is 0 Å². The van der Waals surface area contributed by atoms with Crippen LogP contribution in [-0.4, -0.2) is 12.6 Å². The summed E-state index contributed by atoms with van der Waals surface area (Å²) in [6, 6.07) is 6.96. The third-order valence-corrected chi connectivity index (χ3v) is 3.20. The van der Waals surface area contributed by atoms with Crippen molar-refractivity contribution in [2.24, 2.45) is 5.73 Å². The van der Waals surface area contributed by atoms with Gasteiger partial charge in [0, 0.05) is 12.0 Å². The first-order chi connectivity index (χ1) is 6.84. The molecule has 1 aliphatic carbocycles. The maximum absolute atomic E-state index is 5.84. The van der Waals surface area contributed by atoms with Crippen molar-refractivity contribution in [1.29, 1.82) is 0 Å². The summed E-state index contributed by atoms with van der Waals surface area (Å²) in [7, 11) is 0. The summed E-state index contributed by atoms with van der Waals surface area (Å²) in [5, 5.41) is 0. The monoisotopic (exact) mass is 189 g/mol. The van der Waals surface area contributed by atoms with E-state index in [9.17, 15) is 0 Å². The Morgan fingerprint density at radius 3 is 3.00 bits per heavy atom. The molecule has 0 bridgehead atoms. The first kappa shape index (κ1) is 8.30. The molecule has 3 rings (SSSR count). The molecule has 0 spiro atoms. The van der Waals surface area contributed by atoms with Crippen LogP contribution in [0.3, 0.4) is 0 Å². The average molecular weight is 189 g/mol. The fourth-order valence-electron chi connectivity index (χ4n) is 2.21. The van der Waals surface area contributed by atoms with E-state index in [4.69, 9.17) is 10.5 Å². The molecule has 1 heterocycles.